The number of benzene rings is 1. The second-order valence-corrected chi connectivity index (χ2v) is 3.86. The van der Waals surface area contributed by atoms with E-state index in [9.17, 15) is 14.7 Å². The van der Waals surface area contributed by atoms with Crippen molar-refractivity contribution in [1.29, 1.82) is 0 Å². The number of nitrogens with one attached hydrogen (secondary N) is 1. The molecule has 0 saturated carbocycles. The second-order valence-electron chi connectivity index (χ2n) is 3.86. The quantitative estimate of drug-likeness (QED) is 0.714. The van der Waals surface area contributed by atoms with Crippen LogP contribution in [-0.2, 0) is 0 Å². The summed E-state index contributed by atoms with van der Waals surface area (Å²) in [6, 6.07) is 3.77. The van der Waals surface area contributed by atoms with Crippen molar-refractivity contribution >= 4 is 17.7 Å². The summed E-state index contributed by atoms with van der Waals surface area (Å²) in [5.41, 5.74) is -0.159. The number of aromatic carboxylic acids is 1. The molecule has 6 nitrogen and oxygen atoms in total. The van der Waals surface area contributed by atoms with Gasteiger partial charge in [-0.3, -0.25) is 0 Å². The van der Waals surface area contributed by atoms with Gasteiger partial charge in [0.2, 0.25) is 0 Å². The largest absolute Gasteiger partial charge is 0.505 e. The van der Waals surface area contributed by atoms with Crippen molar-refractivity contribution in [2.24, 2.45) is 0 Å². The van der Waals surface area contributed by atoms with E-state index in [0.29, 0.717) is 6.54 Å². The van der Waals surface area contributed by atoms with Gasteiger partial charge in [-0.15, -0.1) is 0 Å². The molecule has 0 spiro atoms. The van der Waals surface area contributed by atoms with Crippen molar-refractivity contribution in [3.8, 4) is 5.75 Å². The van der Waals surface area contributed by atoms with Crippen molar-refractivity contribution in [3.63, 3.8) is 0 Å². The van der Waals surface area contributed by atoms with Gasteiger partial charge in [-0.2, -0.15) is 0 Å². The molecular formula is C12H16N2O4. The number of phenols is 1. The van der Waals surface area contributed by atoms with E-state index in [0.717, 1.165) is 6.42 Å². The van der Waals surface area contributed by atoms with Crippen LogP contribution in [0.1, 0.15) is 23.7 Å². The molecule has 1 aromatic rings. The van der Waals surface area contributed by atoms with E-state index in [1.54, 1.807) is 7.05 Å². The molecule has 0 aromatic heterocycles. The molecule has 0 unspecified atom stereocenters. The molecule has 2 amide bonds. The number of nitrogens with zero attached hydrogens (tertiary/aromatic N) is 1. The Bertz CT molecular complexity index is 459. The number of carbonyl (C=O) groups is 2. The highest BCUT2D eigenvalue weighted by atomic mass is 16.4. The number of carboxylic acids is 1. The van der Waals surface area contributed by atoms with E-state index in [-0.39, 0.29) is 11.3 Å². The number of urea groups is 1. The molecule has 0 heterocycles. The van der Waals surface area contributed by atoms with E-state index in [4.69, 9.17) is 5.11 Å². The van der Waals surface area contributed by atoms with Crippen LogP contribution >= 0.6 is 0 Å². The van der Waals surface area contributed by atoms with Crippen LogP contribution in [0.25, 0.3) is 0 Å². The summed E-state index contributed by atoms with van der Waals surface area (Å²) in [5.74, 6) is -1.69. The normalized spacial score (nSPS) is 9.89. The maximum Gasteiger partial charge on any atom is 0.339 e. The summed E-state index contributed by atoms with van der Waals surface area (Å²) >= 11 is 0. The van der Waals surface area contributed by atoms with Crippen LogP contribution in [0.15, 0.2) is 18.2 Å². The Kier molecular flexibility index (Phi) is 4.53. The number of amides is 2. The van der Waals surface area contributed by atoms with Gasteiger partial charge < -0.3 is 20.4 Å². The highest BCUT2D eigenvalue weighted by molar-refractivity contribution is 5.97. The number of carbonyl (C=O) groups excluding carboxylic acids is 1. The summed E-state index contributed by atoms with van der Waals surface area (Å²) in [4.78, 5) is 24.0. The molecule has 0 aliphatic carbocycles. The molecule has 6 heteroatoms. The van der Waals surface area contributed by atoms with Crippen LogP contribution in [0, 0.1) is 0 Å². The summed E-state index contributed by atoms with van der Waals surface area (Å²) in [7, 11) is 1.62. The van der Waals surface area contributed by atoms with Crippen molar-refractivity contribution in [1.82, 2.24) is 4.90 Å². The third-order valence-electron chi connectivity index (χ3n) is 2.41. The second kappa shape index (κ2) is 5.90. The van der Waals surface area contributed by atoms with Crippen LogP contribution in [0.5, 0.6) is 5.75 Å². The molecule has 0 fully saturated rings. The van der Waals surface area contributed by atoms with Crippen molar-refractivity contribution in [2.45, 2.75) is 13.3 Å². The summed E-state index contributed by atoms with van der Waals surface area (Å²) < 4.78 is 0. The monoisotopic (exact) mass is 252 g/mol. The number of aromatic hydroxyl groups is 1. The predicted octanol–water partition coefficient (Wildman–Crippen LogP) is 1.96. The van der Waals surface area contributed by atoms with Crippen LogP contribution in [0.3, 0.4) is 0 Å². The lowest BCUT2D eigenvalue weighted by molar-refractivity contribution is 0.0693. The van der Waals surface area contributed by atoms with E-state index < -0.39 is 17.7 Å². The maximum atomic E-state index is 11.7. The topological polar surface area (TPSA) is 89.9 Å². The molecule has 3 N–H and O–H groups in total. The minimum atomic E-state index is -1.24. The molecule has 1 aromatic carbocycles. The van der Waals surface area contributed by atoms with Gasteiger partial charge in [0.25, 0.3) is 0 Å². The van der Waals surface area contributed by atoms with Gasteiger partial charge in [0, 0.05) is 13.6 Å². The average Bonchev–Trinajstić information content (AvgIpc) is 2.31. The summed E-state index contributed by atoms with van der Waals surface area (Å²) in [6.07, 6.45) is 0.811. The average molecular weight is 252 g/mol. The van der Waals surface area contributed by atoms with Crippen LogP contribution in [0.2, 0.25) is 0 Å². The van der Waals surface area contributed by atoms with Crippen LogP contribution < -0.4 is 5.32 Å². The maximum absolute atomic E-state index is 11.7. The Hall–Kier alpha value is -2.24. The Morgan fingerprint density at radius 3 is 2.61 bits per heavy atom. The first kappa shape index (κ1) is 13.8. The zero-order valence-electron chi connectivity index (χ0n) is 10.3. The number of anilines is 1. The van der Waals surface area contributed by atoms with Gasteiger partial charge >= 0.3 is 12.0 Å². The first-order valence-electron chi connectivity index (χ1n) is 5.54. The van der Waals surface area contributed by atoms with Gasteiger partial charge in [-0.25, -0.2) is 9.59 Å². The molecule has 0 aliphatic heterocycles. The number of carboxylic acid groups (broad SMARTS) is 1. The predicted molar refractivity (Wildman–Crippen MR) is 67.0 cm³/mol. The van der Waals surface area contributed by atoms with E-state index in [1.807, 2.05) is 6.92 Å². The number of hydrogen-bond acceptors (Lipinski definition) is 3. The standard InChI is InChI=1S/C12H16N2O4/c1-3-7-14(2)12(18)13-9-6-4-5-8(10(9)15)11(16)17/h4-6,15H,3,7H2,1-2H3,(H,13,18)(H,16,17). The SMILES string of the molecule is CCCN(C)C(=O)Nc1cccc(C(=O)O)c1O. The van der Waals surface area contributed by atoms with Crippen molar-refractivity contribution < 1.29 is 19.8 Å². The summed E-state index contributed by atoms with van der Waals surface area (Å²) in [5, 5.41) is 21.0. The molecule has 0 radical (unpaired) electrons. The molecule has 0 aliphatic rings. The van der Waals surface area contributed by atoms with Crippen molar-refractivity contribution in [3.05, 3.63) is 23.8 Å². The van der Waals surface area contributed by atoms with E-state index >= 15 is 0 Å². The molecule has 0 atom stereocenters. The number of hydrogen-bond donors (Lipinski definition) is 3. The summed E-state index contributed by atoms with van der Waals surface area (Å²) in [6.45, 7) is 2.51. The Morgan fingerprint density at radius 1 is 1.39 bits per heavy atom. The lowest BCUT2D eigenvalue weighted by Gasteiger charge is -2.17. The highest BCUT2D eigenvalue weighted by Gasteiger charge is 2.15. The lowest BCUT2D eigenvalue weighted by atomic mass is 10.1. The first-order valence-corrected chi connectivity index (χ1v) is 5.54. The highest BCUT2D eigenvalue weighted by Crippen LogP contribution is 2.27. The van der Waals surface area contributed by atoms with E-state index in [2.05, 4.69) is 5.32 Å². The fourth-order valence-electron chi connectivity index (χ4n) is 1.46. The molecule has 1 rings (SSSR count). The van der Waals surface area contributed by atoms with Crippen molar-refractivity contribution in [2.75, 3.05) is 18.9 Å². The van der Waals surface area contributed by atoms with Gasteiger partial charge in [0.15, 0.2) is 5.75 Å². The Balaban J connectivity index is 2.88. The van der Waals surface area contributed by atoms with Gasteiger partial charge in [-0.05, 0) is 18.6 Å². The van der Waals surface area contributed by atoms with Gasteiger partial charge in [0.1, 0.15) is 5.56 Å². The zero-order valence-corrected chi connectivity index (χ0v) is 10.3. The van der Waals surface area contributed by atoms with Crippen LogP contribution in [0.4, 0.5) is 10.5 Å². The molecule has 0 saturated heterocycles. The Labute approximate surface area is 105 Å². The van der Waals surface area contributed by atoms with E-state index in [1.165, 1.54) is 23.1 Å². The van der Waals surface area contributed by atoms with Gasteiger partial charge in [0.05, 0.1) is 5.69 Å². The molecular weight excluding hydrogens is 236 g/mol. The first-order chi connectivity index (χ1) is 8.47. The third-order valence-corrected chi connectivity index (χ3v) is 2.41. The van der Waals surface area contributed by atoms with Crippen LogP contribution in [-0.4, -0.2) is 40.7 Å². The Morgan fingerprint density at radius 2 is 2.06 bits per heavy atom. The molecule has 18 heavy (non-hydrogen) atoms. The third kappa shape index (κ3) is 3.13. The fraction of sp³-hybridized carbons (Fsp3) is 0.333. The zero-order chi connectivity index (χ0) is 13.7. The number of rotatable bonds is 4. The minimum Gasteiger partial charge on any atom is -0.505 e. The smallest absolute Gasteiger partial charge is 0.339 e. The minimum absolute atomic E-state index is 0.0860. The fourth-order valence-corrected chi connectivity index (χ4v) is 1.46. The molecule has 98 valence electrons. The lowest BCUT2D eigenvalue weighted by Crippen LogP contribution is -2.31. The number of para-hydroxylation sites is 1. The molecule has 0 bridgehead atoms. The van der Waals surface area contributed by atoms with Gasteiger partial charge in [-0.1, -0.05) is 13.0 Å².